The second-order valence-corrected chi connectivity index (χ2v) is 5.76. The Kier molecular flexibility index (Phi) is 8.47. The maximum absolute atomic E-state index is 12.5. The van der Waals surface area contributed by atoms with Crippen LogP contribution >= 0.6 is 8.38 Å². The van der Waals surface area contributed by atoms with Crippen molar-refractivity contribution < 1.29 is 23.7 Å². The molecule has 1 aromatic rings. The minimum absolute atomic E-state index is 0.0462. The molecule has 0 fully saturated rings. The van der Waals surface area contributed by atoms with Gasteiger partial charge < -0.3 is 18.9 Å². The van der Waals surface area contributed by atoms with Crippen LogP contribution in [0.5, 0.6) is 5.75 Å². The molecule has 0 atom stereocenters. The Labute approximate surface area is 127 Å². The van der Waals surface area contributed by atoms with Crippen molar-refractivity contribution in [1.82, 2.24) is 0 Å². The molecule has 0 bridgehead atoms. The molecular formula is C15H23O5P. The number of aliphatic hydroxyl groups is 1. The van der Waals surface area contributed by atoms with Crippen LogP contribution in [0.25, 0.3) is 0 Å². The minimum Gasteiger partial charge on any atom is -0.496 e. The Morgan fingerprint density at radius 2 is 1.90 bits per heavy atom. The molecule has 21 heavy (non-hydrogen) atoms. The summed E-state index contributed by atoms with van der Waals surface area (Å²) in [5.74, 6) is 0.462. The topological polar surface area (TPSA) is 65.0 Å². The van der Waals surface area contributed by atoms with Crippen molar-refractivity contribution in [3.05, 3.63) is 29.3 Å². The number of ketones is 1. The SMILES string of the molecule is CCOP(CC(=O)c1cc(CCO)ccc1OC)OCC. The molecule has 0 heterocycles. The lowest BCUT2D eigenvalue weighted by molar-refractivity contribution is 0.101. The molecule has 0 saturated heterocycles. The number of methoxy groups -OCH3 is 1. The Morgan fingerprint density at radius 1 is 1.24 bits per heavy atom. The van der Waals surface area contributed by atoms with Gasteiger partial charge in [0, 0.05) is 6.61 Å². The molecule has 0 aliphatic heterocycles. The fourth-order valence-electron chi connectivity index (χ4n) is 1.88. The molecule has 6 heteroatoms. The second kappa shape index (κ2) is 9.85. The van der Waals surface area contributed by atoms with E-state index in [1.54, 1.807) is 12.1 Å². The van der Waals surface area contributed by atoms with Crippen LogP contribution in [-0.4, -0.2) is 44.0 Å². The quantitative estimate of drug-likeness (QED) is 0.531. The third-order valence-corrected chi connectivity index (χ3v) is 4.42. The lowest BCUT2D eigenvalue weighted by atomic mass is 10.0. The largest absolute Gasteiger partial charge is 0.496 e. The van der Waals surface area contributed by atoms with E-state index < -0.39 is 8.38 Å². The van der Waals surface area contributed by atoms with Crippen molar-refractivity contribution >= 4 is 14.2 Å². The Bertz CT molecular complexity index is 444. The van der Waals surface area contributed by atoms with Crippen molar-refractivity contribution in [1.29, 1.82) is 0 Å². The summed E-state index contributed by atoms with van der Waals surface area (Å²) in [6.45, 7) is 4.83. The summed E-state index contributed by atoms with van der Waals surface area (Å²) in [6.07, 6.45) is 0.714. The number of carbonyl (C=O) groups is 1. The van der Waals surface area contributed by atoms with Crippen LogP contribution in [-0.2, 0) is 15.5 Å². The third kappa shape index (κ3) is 5.71. The fraction of sp³-hybridized carbons (Fsp3) is 0.533. The number of hydrogen-bond acceptors (Lipinski definition) is 5. The van der Waals surface area contributed by atoms with Crippen molar-refractivity contribution in [3.63, 3.8) is 0 Å². The molecular weight excluding hydrogens is 291 g/mol. The van der Waals surface area contributed by atoms with Crippen molar-refractivity contribution in [2.24, 2.45) is 0 Å². The Balaban J connectivity index is 2.90. The summed E-state index contributed by atoms with van der Waals surface area (Å²) < 4.78 is 16.2. The van der Waals surface area contributed by atoms with Crippen molar-refractivity contribution in [2.45, 2.75) is 20.3 Å². The normalized spacial score (nSPS) is 10.9. The second-order valence-electron chi connectivity index (χ2n) is 4.26. The average molecular weight is 314 g/mol. The minimum atomic E-state index is -1.21. The predicted molar refractivity (Wildman–Crippen MR) is 83.2 cm³/mol. The van der Waals surface area contributed by atoms with Gasteiger partial charge in [-0.15, -0.1) is 0 Å². The summed E-state index contributed by atoms with van der Waals surface area (Å²) in [5.41, 5.74) is 1.41. The highest BCUT2D eigenvalue weighted by Crippen LogP contribution is 2.39. The zero-order chi connectivity index (χ0) is 15.7. The van der Waals surface area contributed by atoms with Gasteiger partial charge in [-0.2, -0.15) is 0 Å². The first-order valence-electron chi connectivity index (χ1n) is 7.00. The van der Waals surface area contributed by atoms with Crippen LogP contribution in [0, 0.1) is 0 Å². The molecule has 0 unspecified atom stereocenters. The molecule has 118 valence electrons. The number of ether oxygens (including phenoxy) is 1. The van der Waals surface area contributed by atoms with E-state index in [9.17, 15) is 4.79 Å². The van der Waals surface area contributed by atoms with E-state index in [-0.39, 0.29) is 18.6 Å². The van der Waals surface area contributed by atoms with Gasteiger partial charge in [-0.3, -0.25) is 4.79 Å². The predicted octanol–water partition coefficient (Wildman–Crippen LogP) is 2.80. The fourth-order valence-corrected chi connectivity index (χ4v) is 3.11. The maximum Gasteiger partial charge on any atom is 0.178 e. The molecule has 5 nitrogen and oxygen atoms in total. The summed E-state index contributed by atoms with van der Waals surface area (Å²) in [5, 5.41) is 9.01. The van der Waals surface area contributed by atoms with E-state index in [0.29, 0.717) is 30.9 Å². The highest BCUT2D eigenvalue weighted by atomic mass is 31.2. The summed E-state index contributed by atoms with van der Waals surface area (Å²) in [4.78, 5) is 12.5. The van der Waals surface area contributed by atoms with Crippen molar-refractivity contribution in [3.8, 4) is 5.75 Å². The Hall–Kier alpha value is -1.00. The van der Waals surface area contributed by atoms with Crippen LogP contribution in [0.1, 0.15) is 29.8 Å². The smallest absolute Gasteiger partial charge is 0.178 e. The lowest BCUT2D eigenvalue weighted by Crippen LogP contribution is -2.10. The number of rotatable bonds is 10. The van der Waals surface area contributed by atoms with Gasteiger partial charge in [0.05, 0.1) is 32.0 Å². The molecule has 0 saturated carbocycles. The van der Waals surface area contributed by atoms with Crippen molar-refractivity contribution in [2.75, 3.05) is 33.1 Å². The monoisotopic (exact) mass is 314 g/mol. The molecule has 0 aliphatic rings. The van der Waals surface area contributed by atoms with Gasteiger partial charge in [0.1, 0.15) is 5.75 Å². The zero-order valence-corrected chi connectivity index (χ0v) is 13.7. The van der Waals surface area contributed by atoms with Gasteiger partial charge in [-0.25, -0.2) is 0 Å². The van der Waals surface area contributed by atoms with Crippen LogP contribution in [0.2, 0.25) is 0 Å². The first-order chi connectivity index (χ1) is 10.2. The van der Waals surface area contributed by atoms with Gasteiger partial charge in [0.25, 0.3) is 0 Å². The molecule has 0 amide bonds. The number of hydrogen-bond donors (Lipinski definition) is 1. The van der Waals surface area contributed by atoms with Gasteiger partial charge in [0.15, 0.2) is 14.2 Å². The molecule has 0 aromatic heterocycles. The average Bonchev–Trinajstić information content (AvgIpc) is 2.48. The van der Waals surface area contributed by atoms with Gasteiger partial charge in [0.2, 0.25) is 0 Å². The molecule has 0 aliphatic carbocycles. The van der Waals surface area contributed by atoms with E-state index in [2.05, 4.69) is 0 Å². The Morgan fingerprint density at radius 3 is 2.43 bits per heavy atom. The van der Waals surface area contributed by atoms with E-state index >= 15 is 0 Å². The maximum atomic E-state index is 12.5. The first-order valence-corrected chi connectivity index (χ1v) is 8.36. The zero-order valence-electron chi connectivity index (χ0n) is 12.8. The van der Waals surface area contributed by atoms with Crippen LogP contribution in [0.3, 0.4) is 0 Å². The summed E-state index contributed by atoms with van der Waals surface area (Å²) >= 11 is 0. The van der Waals surface area contributed by atoms with Crippen LogP contribution in [0.15, 0.2) is 18.2 Å². The number of benzene rings is 1. The van der Waals surface area contributed by atoms with Gasteiger partial charge in [-0.1, -0.05) is 6.07 Å². The van der Waals surface area contributed by atoms with E-state index in [0.717, 1.165) is 5.56 Å². The first kappa shape index (κ1) is 18.1. The lowest BCUT2D eigenvalue weighted by Gasteiger charge is -2.16. The highest BCUT2D eigenvalue weighted by Gasteiger charge is 2.20. The van der Waals surface area contributed by atoms with E-state index in [1.165, 1.54) is 7.11 Å². The van der Waals surface area contributed by atoms with Crippen LogP contribution in [0.4, 0.5) is 0 Å². The van der Waals surface area contributed by atoms with E-state index in [1.807, 2.05) is 19.9 Å². The number of Topliss-reactive ketones (excluding diaryl/α,β-unsaturated/α-hetero) is 1. The number of aliphatic hydroxyl groups excluding tert-OH is 1. The molecule has 0 radical (unpaired) electrons. The summed E-state index contributed by atoms with van der Waals surface area (Å²) in [7, 11) is 0.320. The number of carbonyl (C=O) groups excluding carboxylic acids is 1. The van der Waals surface area contributed by atoms with Gasteiger partial charge in [-0.05, 0) is 38.0 Å². The van der Waals surface area contributed by atoms with Crippen LogP contribution < -0.4 is 4.74 Å². The standard InChI is InChI=1S/C15H23O5P/c1-4-19-21(20-5-2)11-14(17)13-10-12(8-9-16)6-7-15(13)18-3/h6-7,10,16H,4-5,8-9,11H2,1-3H3. The molecule has 0 spiro atoms. The van der Waals surface area contributed by atoms with Gasteiger partial charge >= 0.3 is 0 Å². The van der Waals surface area contributed by atoms with E-state index in [4.69, 9.17) is 18.9 Å². The highest BCUT2D eigenvalue weighted by molar-refractivity contribution is 7.48. The molecule has 1 rings (SSSR count). The molecule has 1 aromatic carbocycles. The summed E-state index contributed by atoms with van der Waals surface area (Å²) in [6, 6.07) is 5.37. The molecule has 1 N–H and O–H groups in total. The third-order valence-electron chi connectivity index (χ3n) is 2.78.